The van der Waals surface area contributed by atoms with Crippen LogP contribution in [0.2, 0.25) is 0 Å². The first-order valence-electron chi connectivity index (χ1n) is 8.85. The van der Waals surface area contributed by atoms with E-state index in [1.165, 1.54) is 49.0 Å². The number of hydrogen-bond donors (Lipinski definition) is 0. The molecule has 23 heavy (non-hydrogen) atoms. The Hall–Kier alpha value is -1.26. The summed E-state index contributed by atoms with van der Waals surface area (Å²) in [5, 5.41) is 0. The van der Waals surface area contributed by atoms with Crippen molar-refractivity contribution < 1.29 is 9.47 Å². The number of piperidine rings is 1. The summed E-state index contributed by atoms with van der Waals surface area (Å²) in [6, 6.07) is 2.58. The maximum atomic E-state index is 5.87. The molecule has 0 aliphatic carbocycles. The lowest BCUT2D eigenvalue weighted by molar-refractivity contribution is 0.215. The van der Waals surface area contributed by atoms with Gasteiger partial charge < -0.3 is 9.47 Å². The van der Waals surface area contributed by atoms with Crippen molar-refractivity contribution in [3.63, 3.8) is 0 Å². The van der Waals surface area contributed by atoms with Crippen LogP contribution in [0.5, 0.6) is 11.5 Å². The van der Waals surface area contributed by atoms with Crippen LogP contribution in [-0.2, 0) is 13.0 Å². The van der Waals surface area contributed by atoms with E-state index in [1.54, 1.807) is 7.11 Å². The first-order valence-corrected chi connectivity index (χ1v) is 8.85. The molecule has 2 aliphatic rings. The summed E-state index contributed by atoms with van der Waals surface area (Å²) in [6.45, 7) is 6.69. The van der Waals surface area contributed by atoms with E-state index in [-0.39, 0.29) is 0 Å². The molecule has 0 spiro atoms. The Morgan fingerprint density at radius 3 is 2.48 bits per heavy atom. The number of benzene rings is 1. The quantitative estimate of drug-likeness (QED) is 0.851. The minimum absolute atomic E-state index is 0.367. The van der Waals surface area contributed by atoms with E-state index in [1.807, 2.05) is 7.11 Å². The van der Waals surface area contributed by atoms with Gasteiger partial charge in [0.15, 0.2) is 0 Å². The third-order valence-electron chi connectivity index (χ3n) is 5.52. The molecular weight excluding hydrogens is 288 g/mol. The number of rotatable bonds is 4. The van der Waals surface area contributed by atoms with Gasteiger partial charge in [-0.05, 0) is 52.4 Å². The second kappa shape index (κ2) is 7.10. The van der Waals surface area contributed by atoms with Crippen LogP contribution < -0.4 is 9.47 Å². The number of fused-ring (bicyclic) bond motifs is 1. The third-order valence-corrected chi connectivity index (χ3v) is 5.52. The van der Waals surface area contributed by atoms with Crippen molar-refractivity contribution >= 4 is 0 Å². The zero-order valence-corrected chi connectivity index (χ0v) is 15.0. The highest BCUT2D eigenvalue weighted by molar-refractivity contribution is 5.56. The maximum Gasteiger partial charge on any atom is 0.127 e. The summed E-state index contributed by atoms with van der Waals surface area (Å²) in [7, 11) is 5.78. The fraction of sp³-hybridized carbons (Fsp3) is 0.684. The Labute approximate surface area is 140 Å². The molecule has 1 aromatic carbocycles. The van der Waals surface area contributed by atoms with Crippen molar-refractivity contribution in [1.29, 1.82) is 0 Å². The summed E-state index contributed by atoms with van der Waals surface area (Å²) in [5.41, 5.74) is 3.94. The summed E-state index contributed by atoms with van der Waals surface area (Å²) in [6.07, 6.45) is 5.02. The zero-order chi connectivity index (χ0) is 16.4. The number of nitrogens with zero attached hydrogens (tertiary/aromatic N) is 2. The molecule has 1 fully saturated rings. The minimum atomic E-state index is 0.367. The summed E-state index contributed by atoms with van der Waals surface area (Å²) in [4.78, 5) is 4.93. The molecular formula is C19H30N2O2. The molecule has 2 aliphatic heterocycles. The van der Waals surface area contributed by atoms with Crippen LogP contribution in [0.15, 0.2) is 6.07 Å². The van der Waals surface area contributed by atoms with Crippen molar-refractivity contribution in [3.05, 3.63) is 22.8 Å². The molecule has 1 aromatic rings. The molecule has 0 bridgehead atoms. The predicted molar refractivity (Wildman–Crippen MR) is 93.4 cm³/mol. The van der Waals surface area contributed by atoms with Crippen LogP contribution in [0.1, 0.15) is 48.9 Å². The maximum absolute atomic E-state index is 5.87. The van der Waals surface area contributed by atoms with Gasteiger partial charge in [0.1, 0.15) is 11.5 Å². The average Bonchev–Trinajstić information content (AvgIpc) is 2.58. The lowest BCUT2D eigenvalue weighted by Gasteiger charge is -2.35. The SMILES string of the molecule is COc1cc(CN2CCCCC2)c(OC)c2c1C(C)N(C)CC2. The van der Waals surface area contributed by atoms with Gasteiger partial charge in [-0.3, -0.25) is 9.80 Å². The predicted octanol–water partition coefficient (Wildman–Crippen LogP) is 3.24. The molecule has 1 saturated heterocycles. The summed E-state index contributed by atoms with van der Waals surface area (Å²) < 4.78 is 11.6. The minimum Gasteiger partial charge on any atom is -0.496 e. The van der Waals surface area contributed by atoms with Gasteiger partial charge in [0, 0.05) is 35.8 Å². The van der Waals surface area contributed by atoms with Crippen molar-refractivity contribution in [3.8, 4) is 11.5 Å². The highest BCUT2D eigenvalue weighted by atomic mass is 16.5. The molecule has 1 atom stereocenters. The third kappa shape index (κ3) is 3.20. The lowest BCUT2D eigenvalue weighted by atomic mass is 9.89. The fourth-order valence-corrected chi connectivity index (χ4v) is 4.07. The monoisotopic (exact) mass is 318 g/mol. The number of likely N-dealkylation sites (N-methyl/N-ethyl adjacent to an activating group) is 1. The van der Waals surface area contributed by atoms with Gasteiger partial charge in [0.25, 0.3) is 0 Å². The average molecular weight is 318 g/mol. The molecule has 4 nitrogen and oxygen atoms in total. The van der Waals surface area contributed by atoms with E-state index in [0.717, 1.165) is 31.0 Å². The standard InChI is InChI=1S/C19H30N2O2/c1-14-18-16(8-11-20(14)2)19(23-4)15(12-17(18)22-3)13-21-9-6-5-7-10-21/h12,14H,5-11,13H2,1-4H3. The highest BCUT2D eigenvalue weighted by Crippen LogP contribution is 2.43. The van der Waals surface area contributed by atoms with E-state index in [0.29, 0.717) is 6.04 Å². The van der Waals surface area contributed by atoms with Gasteiger partial charge in [0.05, 0.1) is 14.2 Å². The Balaban J connectivity index is 1.99. The highest BCUT2D eigenvalue weighted by Gasteiger charge is 2.29. The van der Waals surface area contributed by atoms with Crippen molar-refractivity contribution in [2.24, 2.45) is 0 Å². The Kier molecular flexibility index (Phi) is 5.12. The largest absolute Gasteiger partial charge is 0.496 e. The molecule has 0 radical (unpaired) electrons. The van der Waals surface area contributed by atoms with Gasteiger partial charge >= 0.3 is 0 Å². The topological polar surface area (TPSA) is 24.9 Å². The number of hydrogen-bond acceptors (Lipinski definition) is 4. The second-order valence-corrected chi connectivity index (χ2v) is 6.91. The van der Waals surface area contributed by atoms with Crippen molar-refractivity contribution in [2.45, 2.75) is 45.2 Å². The molecule has 0 amide bonds. The Morgan fingerprint density at radius 1 is 1.09 bits per heavy atom. The second-order valence-electron chi connectivity index (χ2n) is 6.91. The number of methoxy groups -OCH3 is 2. The van der Waals surface area contributed by atoms with Crippen LogP contribution in [0, 0.1) is 0 Å². The van der Waals surface area contributed by atoms with E-state index < -0.39 is 0 Å². The van der Waals surface area contributed by atoms with Crippen LogP contribution in [0.4, 0.5) is 0 Å². The Morgan fingerprint density at radius 2 is 1.83 bits per heavy atom. The van der Waals surface area contributed by atoms with E-state index in [4.69, 9.17) is 9.47 Å². The molecule has 128 valence electrons. The van der Waals surface area contributed by atoms with Crippen LogP contribution in [-0.4, -0.2) is 50.7 Å². The van der Waals surface area contributed by atoms with E-state index >= 15 is 0 Å². The first kappa shape index (κ1) is 16.6. The molecule has 3 rings (SSSR count). The van der Waals surface area contributed by atoms with E-state index in [2.05, 4.69) is 29.8 Å². The number of ether oxygens (including phenoxy) is 2. The summed E-state index contributed by atoms with van der Waals surface area (Å²) in [5.74, 6) is 2.11. The van der Waals surface area contributed by atoms with E-state index in [9.17, 15) is 0 Å². The zero-order valence-electron chi connectivity index (χ0n) is 15.0. The van der Waals surface area contributed by atoms with Gasteiger partial charge in [-0.1, -0.05) is 6.42 Å². The number of likely N-dealkylation sites (tertiary alicyclic amines) is 1. The molecule has 4 heteroatoms. The molecule has 0 saturated carbocycles. The van der Waals surface area contributed by atoms with Crippen molar-refractivity contribution in [2.75, 3.05) is 40.9 Å². The van der Waals surface area contributed by atoms with Crippen LogP contribution >= 0.6 is 0 Å². The molecule has 0 aromatic heterocycles. The van der Waals surface area contributed by atoms with Crippen LogP contribution in [0.3, 0.4) is 0 Å². The van der Waals surface area contributed by atoms with Crippen LogP contribution in [0.25, 0.3) is 0 Å². The van der Waals surface area contributed by atoms with Gasteiger partial charge in [-0.25, -0.2) is 0 Å². The summed E-state index contributed by atoms with van der Waals surface area (Å²) >= 11 is 0. The Bertz CT molecular complexity index is 553. The smallest absolute Gasteiger partial charge is 0.127 e. The van der Waals surface area contributed by atoms with Gasteiger partial charge in [0.2, 0.25) is 0 Å². The molecule has 1 unspecified atom stereocenters. The lowest BCUT2D eigenvalue weighted by Crippen LogP contribution is -2.32. The van der Waals surface area contributed by atoms with Gasteiger partial charge in [-0.15, -0.1) is 0 Å². The van der Waals surface area contributed by atoms with Gasteiger partial charge in [-0.2, -0.15) is 0 Å². The molecule has 0 N–H and O–H groups in total. The molecule has 2 heterocycles. The first-order chi connectivity index (χ1) is 11.2. The van der Waals surface area contributed by atoms with Crippen molar-refractivity contribution in [1.82, 2.24) is 9.80 Å². The fourth-order valence-electron chi connectivity index (χ4n) is 4.07. The normalized spacial score (nSPS) is 22.7.